The number of esters is 1. The summed E-state index contributed by atoms with van der Waals surface area (Å²) in [5, 5.41) is 14.4. The van der Waals surface area contributed by atoms with Gasteiger partial charge >= 0.3 is 5.97 Å². The number of benzene rings is 1. The molecule has 1 aromatic carbocycles. The van der Waals surface area contributed by atoms with Crippen LogP contribution in [0.4, 0.5) is 14.7 Å². The van der Waals surface area contributed by atoms with Crippen molar-refractivity contribution in [2.75, 3.05) is 24.6 Å². The minimum Gasteiger partial charge on any atom is -0.461 e. The molecular weight excluding hydrogens is 504 g/mol. The number of nitrogens with zero attached hydrogens (tertiary/aromatic N) is 7. The van der Waals surface area contributed by atoms with E-state index in [9.17, 15) is 18.8 Å². The maximum atomic E-state index is 14.9. The van der Waals surface area contributed by atoms with Gasteiger partial charge in [-0.05, 0) is 43.9 Å². The highest BCUT2D eigenvalue weighted by Gasteiger charge is 2.26. The molecule has 0 unspecified atom stereocenters. The van der Waals surface area contributed by atoms with Crippen LogP contribution < -0.4 is 4.90 Å². The van der Waals surface area contributed by atoms with Gasteiger partial charge in [0.15, 0.2) is 17.2 Å². The molecule has 1 aliphatic heterocycles. The van der Waals surface area contributed by atoms with Gasteiger partial charge in [0.1, 0.15) is 11.5 Å². The van der Waals surface area contributed by atoms with Crippen LogP contribution in [-0.2, 0) is 4.74 Å². The SMILES string of the molecule is CCOC(=O)c1cc(-c2cnc(N3CCC(C#N)CC3)nc2)c2c(C(C)C)nn(-c3ccc(F)cc3F)c2n1. The summed E-state index contributed by atoms with van der Waals surface area (Å²) in [6, 6.07) is 7.13. The van der Waals surface area contributed by atoms with Crippen LogP contribution in [0.2, 0.25) is 0 Å². The first-order chi connectivity index (χ1) is 18.8. The topological polar surface area (TPSA) is 110 Å². The second-order valence-electron chi connectivity index (χ2n) is 9.68. The monoisotopic (exact) mass is 531 g/mol. The van der Waals surface area contributed by atoms with Crippen LogP contribution >= 0.6 is 0 Å². The molecule has 0 spiro atoms. The van der Waals surface area contributed by atoms with Crippen molar-refractivity contribution in [3.05, 3.63) is 59.7 Å². The highest BCUT2D eigenvalue weighted by atomic mass is 19.1. The first-order valence-electron chi connectivity index (χ1n) is 12.8. The minimum absolute atomic E-state index is 0.000119. The average molecular weight is 532 g/mol. The number of carbonyl (C=O) groups is 1. The summed E-state index contributed by atoms with van der Waals surface area (Å²) in [5.74, 6) is -1.66. The number of hydrogen-bond acceptors (Lipinski definition) is 8. The molecule has 0 bridgehead atoms. The zero-order chi connectivity index (χ0) is 27.7. The van der Waals surface area contributed by atoms with Crippen LogP contribution in [0.3, 0.4) is 0 Å². The van der Waals surface area contributed by atoms with E-state index < -0.39 is 17.6 Å². The van der Waals surface area contributed by atoms with Crippen molar-refractivity contribution in [2.45, 2.75) is 39.5 Å². The van der Waals surface area contributed by atoms with E-state index in [4.69, 9.17) is 4.74 Å². The Morgan fingerprint density at radius 3 is 2.51 bits per heavy atom. The number of aromatic nitrogens is 5. The lowest BCUT2D eigenvalue weighted by molar-refractivity contribution is 0.0520. The van der Waals surface area contributed by atoms with Crippen molar-refractivity contribution in [2.24, 2.45) is 5.92 Å². The van der Waals surface area contributed by atoms with Gasteiger partial charge in [-0.15, -0.1) is 0 Å². The summed E-state index contributed by atoms with van der Waals surface area (Å²) in [6.07, 6.45) is 4.85. The molecular formula is C28H27F2N7O2. The number of hydrogen-bond donors (Lipinski definition) is 0. The van der Waals surface area contributed by atoms with Crippen molar-refractivity contribution in [1.82, 2.24) is 24.7 Å². The Kier molecular flexibility index (Phi) is 7.19. The lowest BCUT2D eigenvalue weighted by Crippen LogP contribution is -2.34. The van der Waals surface area contributed by atoms with Crippen LogP contribution in [0, 0.1) is 28.9 Å². The molecule has 200 valence electrons. The quantitative estimate of drug-likeness (QED) is 0.313. The van der Waals surface area contributed by atoms with Crippen LogP contribution in [0.15, 0.2) is 36.7 Å². The molecule has 0 saturated carbocycles. The van der Waals surface area contributed by atoms with Gasteiger partial charge < -0.3 is 9.64 Å². The van der Waals surface area contributed by atoms with E-state index in [1.807, 2.05) is 18.7 Å². The standard InChI is InChI=1S/C28H27F2N7O2/c1-4-39-27(38)22-12-20(18-14-32-28(33-15-18)36-9-7-17(13-31)8-10-36)24-25(16(2)3)35-37(26(24)34-22)23-6-5-19(29)11-21(23)30/h5-6,11-12,14-17H,4,7-10H2,1-3H3. The Bertz CT molecular complexity index is 1570. The van der Waals surface area contributed by atoms with E-state index in [-0.39, 0.29) is 35.5 Å². The van der Waals surface area contributed by atoms with Gasteiger partial charge in [-0.25, -0.2) is 33.2 Å². The van der Waals surface area contributed by atoms with Crippen LogP contribution in [0.25, 0.3) is 27.8 Å². The van der Waals surface area contributed by atoms with Crippen LogP contribution in [-0.4, -0.2) is 50.4 Å². The Morgan fingerprint density at radius 1 is 1.18 bits per heavy atom. The van der Waals surface area contributed by atoms with Gasteiger partial charge in [-0.2, -0.15) is 10.4 Å². The van der Waals surface area contributed by atoms with Crippen molar-refractivity contribution in [1.29, 1.82) is 5.26 Å². The van der Waals surface area contributed by atoms with E-state index in [0.29, 0.717) is 41.2 Å². The van der Waals surface area contributed by atoms with Crippen molar-refractivity contribution < 1.29 is 18.3 Å². The molecule has 0 radical (unpaired) electrons. The molecule has 1 fully saturated rings. The fraction of sp³-hybridized carbons (Fsp3) is 0.357. The van der Waals surface area contributed by atoms with Gasteiger partial charge in [0.25, 0.3) is 0 Å². The fourth-order valence-electron chi connectivity index (χ4n) is 4.74. The van der Waals surface area contributed by atoms with Gasteiger partial charge in [0, 0.05) is 48.6 Å². The van der Waals surface area contributed by atoms with Crippen molar-refractivity contribution in [3.63, 3.8) is 0 Å². The van der Waals surface area contributed by atoms with E-state index in [1.165, 1.54) is 10.7 Å². The highest BCUT2D eigenvalue weighted by molar-refractivity contribution is 6.00. The fourth-order valence-corrected chi connectivity index (χ4v) is 4.74. The number of rotatable bonds is 6. The highest BCUT2D eigenvalue weighted by Crippen LogP contribution is 2.36. The van der Waals surface area contributed by atoms with Crippen LogP contribution in [0.5, 0.6) is 0 Å². The Balaban J connectivity index is 1.67. The predicted molar refractivity (Wildman–Crippen MR) is 140 cm³/mol. The molecule has 5 rings (SSSR count). The number of ether oxygens (including phenoxy) is 1. The predicted octanol–water partition coefficient (Wildman–Crippen LogP) is 5.20. The smallest absolute Gasteiger partial charge is 0.357 e. The third-order valence-corrected chi connectivity index (χ3v) is 6.74. The maximum Gasteiger partial charge on any atom is 0.357 e. The summed E-state index contributed by atoms with van der Waals surface area (Å²) in [6.45, 7) is 7.12. The lowest BCUT2D eigenvalue weighted by Gasteiger charge is -2.29. The van der Waals surface area contributed by atoms with E-state index >= 15 is 0 Å². The largest absolute Gasteiger partial charge is 0.461 e. The van der Waals surface area contributed by atoms with Crippen LogP contribution in [0.1, 0.15) is 55.7 Å². The molecule has 4 heterocycles. The zero-order valence-electron chi connectivity index (χ0n) is 21.9. The van der Waals surface area contributed by atoms with E-state index in [2.05, 4.69) is 26.1 Å². The molecule has 0 atom stereocenters. The molecule has 9 nitrogen and oxygen atoms in total. The third-order valence-electron chi connectivity index (χ3n) is 6.74. The Morgan fingerprint density at radius 2 is 1.90 bits per heavy atom. The molecule has 39 heavy (non-hydrogen) atoms. The summed E-state index contributed by atoms with van der Waals surface area (Å²) in [7, 11) is 0. The van der Waals surface area contributed by atoms with Gasteiger partial charge in [-0.1, -0.05) is 13.8 Å². The van der Waals surface area contributed by atoms with Crippen molar-refractivity contribution in [3.8, 4) is 22.9 Å². The number of pyridine rings is 1. The molecule has 0 aliphatic carbocycles. The number of fused-ring (bicyclic) bond motifs is 1. The lowest BCUT2D eigenvalue weighted by atomic mass is 9.98. The third kappa shape index (κ3) is 5.02. The summed E-state index contributed by atoms with van der Waals surface area (Å²) >= 11 is 0. The van der Waals surface area contributed by atoms with E-state index in [1.54, 1.807) is 25.4 Å². The molecule has 0 N–H and O–H groups in total. The molecule has 4 aromatic rings. The second kappa shape index (κ2) is 10.7. The van der Waals surface area contributed by atoms with Crippen molar-refractivity contribution >= 4 is 23.0 Å². The molecule has 1 saturated heterocycles. The maximum absolute atomic E-state index is 14.9. The zero-order valence-corrected chi connectivity index (χ0v) is 21.9. The minimum atomic E-state index is -0.813. The average Bonchev–Trinajstić information content (AvgIpc) is 3.33. The molecule has 1 aliphatic rings. The number of piperidine rings is 1. The molecule has 11 heteroatoms. The Hall–Kier alpha value is -4.46. The summed E-state index contributed by atoms with van der Waals surface area (Å²) < 4.78 is 35.1. The summed E-state index contributed by atoms with van der Waals surface area (Å²) in [5.41, 5.74) is 2.07. The number of anilines is 1. The van der Waals surface area contributed by atoms with Gasteiger partial charge in [-0.3, -0.25) is 0 Å². The molecule has 3 aromatic heterocycles. The first-order valence-corrected chi connectivity index (χ1v) is 12.8. The number of carbonyl (C=O) groups excluding carboxylic acids is 1. The number of halogens is 2. The normalized spacial score (nSPS) is 14.1. The molecule has 0 amide bonds. The van der Waals surface area contributed by atoms with Gasteiger partial charge in [0.05, 0.1) is 23.8 Å². The van der Waals surface area contributed by atoms with E-state index in [0.717, 1.165) is 25.0 Å². The van der Waals surface area contributed by atoms with Gasteiger partial charge in [0.2, 0.25) is 5.95 Å². The Labute approximate surface area is 224 Å². The number of nitriles is 1. The first kappa shape index (κ1) is 26.2. The second-order valence-corrected chi connectivity index (χ2v) is 9.68. The summed E-state index contributed by atoms with van der Waals surface area (Å²) in [4.78, 5) is 28.5.